The van der Waals surface area contributed by atoms with Gasteiger partial charge < -0.3 is 4.90 Å². The van der Waals surface area contributed by atoms with Gasteiger partial charge >= 0.3 is 0 Å². The average Bonchev–Trinajstić information content (AvgIpc) is 3.19. The zero-order valence-corrected chi connectivity index (χ0v) is 12.2. The summed E-state index contributed by atoms with van der Waals surface area (Å²) in [5.74, 6) is 0.663. The lowest BCUT2D eigenvalue weighted by molar-refractivity contribution is -0.119. The Bertz CT molecular complexity index is 508. The Morgan fingerprint density at radius 1 is 1.26 bits per heavy atom. The van der Waals surface area contributed by atoms with E-state index >= 15 is 0 Å². The van der Waals surface area contributed by atoms with E-state index < -0.39 is 0 Å². The monoisotopic (exact) mass is 257 g/mol. The molecule has 0 atom stereocenters. The number of anilines is 1. The van der Waals surface area contributed by atoms with Gasteiger partial charge in [0.2, 0.25) is 5.91 Å². The second-order valence-electron chi connectivity index (χ2n) is 6.96. The fourth-order valence-electron chi connectivity index (χ4n) is 2.82. The summed E-state index contributed by atoms with van der Waals surface area (Å²) in [6.45, 7) is 7.58. The molecular formula is C17H23NO. The van der Waals surface area contributed by atoms with Crippen LogP contribution in [0.2, 0.25) is 0 Å². The Labute approximate surface area is 115 Å². The van der Waals surface area contributed by atoms with Crippen molar-refractivity contribution in [2.24, 2.45) is 5.92 Å². The van der Waals surface area contributed by atoms with Crippen molar-refractivity contribution in [3.63, 3.8) is 0 Å². The summed E-state index contributed by atoms with van der Waals surface area (Å²) in [5.41, 5.74) is 3.98. The molecule has 102 valence electrons. The van der Waals surface area contributed by atoms with E-state index in [0.717, 1.165) is 32.2 Å². The van der Waals surface area contributed by atoms with Crippen molar-refractivity contribution < 1.29 is 4.79 Å². The van der Waals surface area contributed by atoms with Gasteiger partial charge in [-0.3, -0.25) is 4.79 Å². The highest BCUT2D eigenvalue weighted by atomic mass is 16.2. The van der Waals surface area contributed by atoms with Gasteiger partial charge in [-0.2, -0.15) is 0 Å². The molecule has 2 nitrogen and oxygen atoms in total. The highest BCUT2D eigenvalue weighted by molar-refractivity contribution is 5.97. The maximum absolute atomic E-state index is 12.4. The van der Waals surface area contributed by atoms with E-state index in [1.165, 1.54) is 16.8 Å². The molecule has 1 aromatic rings. The van der Waals surface area contributed by atoms with Crippen molar-refractivity contribution >= 4 is 11.6 Å². The smallest absolute Gasteiger partial charge is 0.230 e. The number of fused-ring (bicyclic) bond motifs is 1. The number of carbonyl (C=O) groups is 1. The highest BCUT2D eigenvalue weighted by Crippen LogP contribution is 2.37. The van der Waals surface area contributed by atoms with E-state index in [1.54, 1.807) is 0 Å². The topological polar surface area (TPSA) is 20.3 Å². The van der Waals surface area contributed by atoms with Crippen molar-refractivity contribution in [1.29, 1.82) is 0 Å². The predicted octanol–water partition coefficient (Wildman–Crippen LogP) is 3.67. The molecule has 1 saturated carbocycles. The summed E-state index contributed by atoms with van der Waals surface area (Å²) in [7, 11) is 0. The summed E-state index contributed by atoms with van der Waals surface area (Å²) < 4.78 is 0. The van der Waals surface area contributed by atoms with Gasteiger partial charge in [0, 0.05) is 18.2 Å². The van der Waals surface area contributed by atoms with E-state index in [1.807, 2.05) is 4.90 Å². The maximum Gasteiger partial charge on any atom is 0.230 e. The molecule has 0 radical (unpaired) electrons. The van der Waals surface area contributed by atoms with Gasteiger partial charge in [0.15, 0.2) is 0 Å². The lowest BCUT2D eigenvalue weighted by Gasteiger charge is -2.31. The molecule has 1 aliphatic carbocycles. The number of carbonyl (C=O) groups excluding carboxylic acids is 1. The normalized spacial score (nSPS) is 19.2. The van der Waals surface area contributed by atoms with Crippen molar-refractivity contribution in [2.75, 3.05) is 11.4 Å². The van der Waals surface area contributed by atoms with Crippen molar-refractivity contribution in [3.8, 4) is 0 Å². The molecule has 0 bridgehead atoms. The molecule has 1 heterocycles. The van der Waals surface area contributed by atoms with Gasteiger partial charge in [0.25, 0.3) is 0 Å². The van der Waals surface area contributed by atoms with E-state index in [0.29, 0.717) is 11.8 Å². The summed E-state index contributed by atoms with van der Waals surface area (Å²) in [5, 5.41) is 0. The molecule has 1 aromatic carbocycles. The molecule has 2 aliphatic rings. The van der Waals surface area contributed by atoms with Crippen LogP contribution in [0, 0.1) is 5.92 Å². The first kappa shape index (κ1) is 12.7. The van der Waals surface area contributed by atoms with E-state index in [-0.39, 0.29) is 5.41 Å². The third kappa shape index (κ3) is 2.41. The molecule has 1 amide bonds. The number of hydrogen-bond donors (Lipinski definition) is 0. The minimum atomic E-state index is 0.140. The first-order valence-electron chi connectivity index (χ1n) is 7.41. The molecular weight excluding hydrogens is 234 g/mol. The van der Waals surface area contributed by atoms with Crippen molar-refractivity contribution in [2.45, 2.75) is 51.9 Å². The Morgan fingerprint density at radius 3 is 2.63 bits per heavy atom. The predicted molar refractivity (Wildman–Crippen MR) is 78.5 cm³/mol. The number of rotatable bonds is 1. The Hall–Kier alpha value is -1.31. The van der Waals surface area contributed by atoms with Gasteiger partial charge in [-0.25, -0.2) is 0 Å². The fourth-order valence-corrected chi connectivity index (χ4v) is 2.82. The maximum atomic E-state index is 12.4. The van der Waals surface area contributed by atoms with E-state index in [9.17, 15) is 4.79 Å². The summed E-state index contributed by atoms with van der Waals surface area (Å²) in [6.07, 6.45) is 4.38. The third-order valence-electron chi connectivity index (χ3n) is 4.26. The van der Waals surface area contributed by atoms with Crippen LogP contribution >= 0.6 is 0 Å². The van der Waals surface area contributed by atoms with Gasteiger partial charge in [-0.15, -0.1) is 0 Å². The van der Waals surface area contributed by atoms with Crippen LogP contribution in [0.5, 0.6) is 0 Å². The van der Waals surface area contributed by atoms with Crippen LogP contribution in [0.1, 0.15) is 51.2 Å². The average molecular weight is 257 g/mol. The number of amides is 1. The lowest BCUT2D eigenvalue weighted by atomic mass is 9.85. The largest absolute Gasteiger partial charge is 0.312 e. The molecule has 2 heteroatoms. The first-order chi connectivity index (χ1) is 8.97. The highest BCUT2D eigenvalue weighted by Gasteiger charge is 2.35. The SMILES string of the molecule is CC(C)(C)c1ccc2c(c1)N(C(=O)C1CC1)CCC2. The number of benzene rings is 1. The minimum Gasteiger partial charge on any atom is -0.312 e. The van der Waals surface area contributed by atoms with Gasteiger partial charge in [-0.1, -0.05) is 32.9 Å². The standard InChI is InChI=1S/C17H23NO/c1-17(2,3)14-9-8-12-5-4-10-18(15(12)11-14)16(19)13-6-7-13/h8-9,11,13H,4-7,10H2,1-3H3. The zero-order chi connectivity index (χ0) is 13.6. The van der Waals surface area contributed by atoms with Crippen LogP contribution in [0.25, 0.3) is 0 Å². The van der Waals surface area contributed by atoms with Crippen LogP contribution in [0.15, 0.2) is 18.2 Å². The van der Waals surface area contributed by atoms with E-state index in [4.69, 9.17) is 0 Å². The van der Waals surface area contributed by atoms with E-state index in [2.05, 4.69) is 39.0 Å². The van der Waals surface area contributed by atoms with Gasteiger partial charge in [0.05, 0.1) is 0 Å². The third-order valence-corrected chi connectivity index (χ3v) is 4.26. The molecule has 0 aromatic heterocycles. The second-order valence-corrected chi connectivity index (χ2v) is 6.96. The summed E-state index contributed by atoms with van der Waals surface area (Å²) in [6, 6.07) is 6.70. The lowest BCUT2D eigenvalue weighted by Crippen LogP contribution is -2.36. The molecule has 1 aliphatic heterocycles. The van der Waals surface area contributed by atoms with Crippen molar-refractivity contribution in [1.82, 2.24) is 0 Å². The van der Waals surface area contributed by atoms with Crippen LogP contribution in [-0.2, 0) is 16.6 Å². The quantitative estimate of drug-likeness (QED) is 0.751. The van der Waals surface area contributed by atoms with Crippen LogP contribution in [-0.4, -0.2) is 12.5 Å². The number of hydrogen-bond acceptors (Lipinski definition) is 1. The molecule has 3 rings (SSSR count). The Kier molecular flexibility index (Phi) is 2.92. The first-order valence-corrected chi connectivity index (χ1v) is 7.41. The Balaban J connectivity index is 1.99. The molecule has 19 heavy (non-hydrogen) atoms. The van der Waals surface area contributed by atoms with Crippen LogP contribution < -0.4 is 4.90 Å². The van der Waals surface area contributed by atoms with Crippen molar-refractivity contribution in [3.05, 3.63) is 29.3 Å². The number of aryl methyl sites for hydroxylation is 1. The second kappa shape index (κ2) is 4.36. The molecule has 0 unspecified atom stereocenters. The van der Waals surface area contributed by atoms with Crippen LogP contribution in [0.4, 0.5) is 5.69 Å². The minimum absolute atomic E-state index is 0.140. The van der Waals surface area contributed by atoms with Crippen LogP contribution in [0.3, 0.4) is 0 Å². The summed E-state index contributed by atoms with van der Waals surface area (Å²) in [4.78, 5) is 14.5. The molecule has 0 N–H and O–H groups in total. The Morgan fingerprint density at radius 2 is 2.00 bits per heavy atom. The number of nitrogens with zero attached hydrogens (tertiary/aromatic N) is 1. The molecule has 1 fully saturated rings. The zero-order valence-electron chi connectivity index (χ0n) is 12.2. The van der Waals surface area contributed by atoms with Gasteiger partial charge in [0.1, 0.15) is 0 Å². The molecule has 0 saturated heterocycles. The summed E-state index contributed by atoms with van der Waals surface area (Å²) >= 11 is 0. The van der Waals surface area contributed by atoms with Gasteiger partial charge in [-0.05, 0) is 48.3 Å². The fraction of sp³-hybridized carbons (Fsp3) is 0.588. The molecule has 0 spiro atoms.